The van der Waals surface area contributed by atoms with Crippen LogP contribution in [0.5, 0.6) is 0 Å². The molecule has 14 heteroatoms. The molecule has 1 aliphatic heterocycles. The van der Waals surface area contributed by atoms with E-state index in [1.54, 1.807) is 24.3 Å². The highest BCUT2D eigenvalue weighted by atomic mass is 127. The number of nitrogens with one attached hydrogen (secondary N) is 1. The van der Waals surface area contributed by atoms with E-state index in [1.165, 1.54) is 0 Å². The van der Waals surface area contributed by atoms with Gasteiger partial charge in [0, 0.05) is 42.7 Å². The van der Waals surface area contributed by atoms with Gasteiger partial charge in [-0.05, 0) is 77.7 Å². The van der Waals surface area contributed by atoms with E-state index in [4.69, 9.17) is 19.9 Å². The van der Waals surface area contributed by atoms with Crippen molar-refractivity contribution in [1.29, 1.82) is 0 Å². The van der Waals surface area contributed by atoms with Crippen LogP contribution in [0.1, 0.15) is 12.8 Å². The third kappa shape index (κ3) is 7.89. The Morgan fingerprint density at radius 2 is 1.68 bits per heavy atom. The van der Waals surface area contributed by atoms with Gasteiger partial charge < -0.3 is 14.9 Å². The van der Waals surface area contributed by atoms with Crippen molar-refractivity contribution in [3.8, 4) is 0 Å². The highest BCUT2D eigenvalue weighted by Gasteiger charge is 2.38. The van der Waals surface area contributed by atoms with Gasteiger partial charge in [-0.25, -0.2) is 22.9 Å². The Bertz CT molecular complexity index is 1360. The monoisotopic (exact) mass is 665 g/mol. The van der Waals surface area contributed by atoms with Crippen LogP contribution >= 0.6 is 22.6 Å². The fourth-order valence-electron chi connectivity index (χ4n) is 3.79. The number of aliphatic carboxylic acids is 1. The van der Waals surface area contributed by atoms with Crippen LogP contribution in [0.15, 0.2) is 53.4 Å². The van der Waals surface area contributed by atoms with Crippen molar-refractivity contribution in [2.75, 3.05) is 43.5 Å². The van der Waals surface area contributed by atoms with E-state index < -0.39 is 22.2 Å². The lowest BCUT2D eigenvalue weighted by molar-refractivity contribution is -0.192. The van der Waals surface area contributed by atoms with Gasteiger partial charge in [0.1, 0.15) is 5.82 Å². The summed E-state index contributed by atoms with van der Waals surface area (Å²) in [5.41, 5.74) is 0.934. The van der Waals surface area contributed by atoms with Crippen LogP contribution in [0.2, 0.25) is 0 Å². The van der Waals surface area contributed by atoms with Gasteiger partial charge in [-0.3, -0.25) is 0 Å². The lowest BCUT2D eigenvalue weighted by atomic mass is 9.97. The number of benzene rings is 2. The molecule has 2 heterocycles. The van der Waals surface area contributed by atoms with Gasteiger partial charge in [0.15, 0.2) is 0 Å². The van der Waals surface area contributed by atoms with E-state index in [0.29, 0.717) is 17.4 Å². The Labute approximate surface area is 232 Å². The van der Waals surface area contributed by atoms with E-state index in [2.05, 4.69) is 32.2 Å². The predicted octanol–water partition coefficient (Wildman–Crippen LogP) is 4.13. The molecule has 38 heavy (non-hydrogen) atoms. The van der Waals surface area contributed by atoms with Crippen LogP contribution in [-0.4, -0.2) is 69.4 Å². The predicted molar refractivity (Wildman–Crippen MR) is 147 cm³/mol. The van der Waals surface area contributed by atoms with Crippen molar-refractivity contribution >= 4 is 61.3 Å². The van der Waals surface area contributed by atoms with Crippen molar-refractivity contribution in [2.45, 2.75) is 23.9 Å². The summed E-state index contributed by atoms with van der Waals surface area (Å²) in [6, 6.07) is 14.9. The molecule has 0 unspecified atom stereocenters. The number of anilines is 2. The number of aromatic nitrogens is 2. The normalized spacial score (nSPS) is 14.6. The first-order valence-corrected chi connectivity index (χ1v) is 14.1. The number of rotatable bonds is 6. The van der Waals surface area contributed by atoms with E-state index in [9.17, 15) is 21.6 Å². The summed E-state index contributed by atoms with van der Waals surface area (Å²) in [4.78, 5) is 23.0. The molecule has 0 spiro atoms. The molecule has 1 saturated heterocycles. The summed E-state index contributed by atoms with van der Waals surface area (Å²) in [6.07, 6.45) is -3.30. The summed E-state index contributed by atoms with van der Waals surface area (Å²) in [5.74, 6) is -0.815. The molecule has 0 bridgehead atoms. The standard InChI is InChI=1S/C22H26IN5O2S.C2HF3O2/c1-27(2)21-19-5-3-4-6-20(19)25-22(26-21)28-13-11-16(12-14-28)15-24-31(29,30)18-9-7-17(23)8-10-18;3-2(4,5)1(6)7/h3-10,16,24H,11-15H2,1-2H3;(H,6,7). The molecular weight excluding hydrogens is 638 g/mol. The summed E-state index contributed by atoms with van der Waals surface area (Å²) >= 11 is 2.16. The third-order valence-corrected chi connectivity index (χ3v) is 7.98. The van der Waals surface area contributed by atoms with E-state index in [1.807, 2.05) is 43.3 Å². The van der Waals surface area contributed by atoms with E-state index in [0.717, 1.165) is 52.2 Å². The average molecular weight is 665 g/mol. The van der Waals surface area contributed by atoms with Gasteiger partial charge in [0.05, 0.1) is 10.4 Å². The lowest BCUT2D eigenvalue weighted by Gasteiger charge is -2.32. The molecule has 1 aromatic heterocycles. The molecule has 206 valence electrons. The van der Waals surface area contributed by atoms with Crippen molar-refractivity contribution < 1.29 is 31.5 Å². The molecule has 0 amide bonds. The maximum atomic E-state index is 12.5. The second kappa shape index (κ2) is 12.4. The van der Waals surface area contributed by atoms with Gasteiger partial charge in [-0.1, -0.05) is 12.1 Å². The van der Waals surface area contributed by atoms with Crippen molar-refractivity contribution in [3.05, 3.63) is 52.1 Å². The van der Waals surface area contributed by atoms with Crippen LogP contribution in [0, 0.1) is 9.49 Å². The summed E-state index contributed by atoms with van der Waals surface area (Å²) in [6.45, 7) is 2.06. The second-order valence-corrected chi connectivity index (χ2v) is 11.8. The Morgan fingerprint density at radius 3 is 2.24 bits per heavy atom. The van der Waals surface area contributed by atoms with Crippen LogP contribution in [0.4, 0.5) is 24.9 Å². The minimum atomic E-state index is -5.08. The highest BCUT2D eigenvalue weighted by Crippen LogP contribution is 2.27. The number of para-hydroxylation sites is 1. The fraction of sp³-hybridized carbons (Fsp3) is 0.375. The lowest BCUT2D eigenvalue weighted by Crippen LogP contribution is -2.39. The van der Waals surface area contributed by atoms with Gasteiger partial charge >= 0.3 is 12.1 Å². The summed E-state index contributed by atoms with van der Waals surface area (Å²) in [7, 11) is 0.502. The van der Waals surface area contributed by atoms with Crippen molar-refractivity contribution in [2.24, 2.45) is 5.92 Å². The highest BCUT2D eigenvalue weighted by molar-refractivity contribution is 14.1. The van der Waals surface area contributed by atoms with Crippen LogP contribution < -0.4 is 14.5 Å². The zero-order valence-corrected chi connectivity index (χ0v) is 23.6. The molecule has 0 atom stereocenters. The topological polar surface area (TPSA) is 116 Å². The van der Waals surface area contributed by atoms with Gasteiger partial charge in [-0.15, -0.1) is 0 Å². The van der Waals surface area contributed by atoms with Crippen LogP contribution in [-0.2, 0) is 14.8 Å². The molecule has 0 aliphatic carbocycles. The molecular formula is C24H27F3IN5O4S. The molecule has 9 nitrogen and oxygen atoms in total. The van der Waals surface area contributed by atoms with E-state index >= 15 is 0 Å². The molecule has 2 aromatic carbocycles. The number of carboxylic acids is 1. The number of piperidine rings is 1. The quantitative estimate of drug-likeness (QED) is 0.378. The fourth-order valence-corrected chi connectivity index (χ4v) is 5.27. The Hall–Kier alpha value is -2.72. The Balaban J connectivity index is 0.000000505. The first-order valence-electron chi connectivity index (χ1n) is 11.5. The van der Waals surface area contributed by atoms with Crippen molar-refractivity contribution in [3.63, 3.8) is 0 Å². The summed E-state index contributed by atoms with van der Waals surface area (Å²) in [5, 5.41) is 8.16. The zero-order chi connectivity index (χ0) is 28.1. The minimum absolute atomic E-state index is 0.295. The number of nitrogens with zero attached hydrogens (tertiary/aromatic N) is 4. The number of alkyl halides is 3. The smallest absolute Gasteiger partial charge is 0.475 e. The first-order chi connectivity index (χ1) is 17.8. The largest absolute Gasteiger partial charge is 0.490 e. The zero-order valence-electron chi connectivity index (χ0n) is 20.6. The molecule has 4 rings (SSSR count). The Morgan fingerprint density at radius 1 is 1.11 bits per heavy atom. The molecule has 0 saturated carbocycles. The van der Waals surface area contributed by atoms with Crippen LogP contribution in [0.25, 0.3) is 10.9 Å². The van der Waals surface area contributed by atoms with Gasteiger partial charge in [0.25, 0.3) is 0 Å². The SMILES string of the molecule is CN(C)c1nc(N2CCC(CNS(=O)(=O)c3ccc(I)cc3)CC2)nc2ccccc12.O=C(O)C(F)(F)F. The molecule has 0 radical (unpaired) electrons. The maximum absolute atomic E-state index is 12.5. The summed E-state index contributed by atoms with van der Waals surface area (Å²) < 4.78 is 60.6. The maximum Gasteiger partial charge on any atom is 0.490 e. The third-order valence-electron chi connectivity index (χ3n) is 5.82. The number of carbonyl (C=O) groups is 1. The number of carboxylic acid groups (broad SMARTS) is 1. The number of halogens is 4. The van der Waals surface area contributed by atoms with Gasteiger partial charge in [-0.2, -0.15) is 18.2 Å². The number of hydrogen-bond acceptors (Lipinski definition) is 7. The van der Waals surface area contributed by atoms with Gasteiger partial charge in [0.2, 0.25) is 16.0 Å². The minimum Gasteiger partial charge on any atom is -0.475 e. The molecule has 3 aromatic rings. The second-order valence-electron chi connectivity index (χ2n) is 8.80. The average Bonchev–Trinajstić information content (AvgIpc) is 2.87. The first kappa shape index (κ1) is 29.8. The number of sulfonamides is 1. The Kier molecular flexibility index (Phi) is 9.75. The van der Waals surface area contributed by atoms with Crippen LogP contribution in [0.3, 0.4) is 0 Å². The van der Waals surface area contributed by atoms with Crippen molar-refractivity contribution in [1.82, 2.24) is 14.7 Å². The van der Waals surface area contributed by atoms with E-state index in [-0.39, 0.29) is 0 Å². The molecule has 1 fully saturated rings. The molecule has 1 aliphatic rings. The molecule has 2 N–H and O–H groups in total. The number of fused-ring (bicyclic) bond motifs is 1. The number of hydrogen-bond donors (Lipinski definition) is 2.